The summed E-state index contributed by atoms with van der Waals surface area (Å²) in [5, 5.41) is 0. The van der Waals surface area contributed by atoms with E-state index >= 15 is 0 Å². The Bertz CT molecular complexity index is 602. The maximum Gasteiger partial charge on any atom is 0.293 e. The van der Waals surface area contributed by atoms with Gasteiger partial charge in [-0.2, -0.15) is 0 Å². The van der Waals surface area contributed by atoms with E-state index in [1.54, 1.807) is 17.0 Å². The van der Waals surface area contributed by atoms with Gasteiger partial charge in [0, 0.05) is 12.2 Å². The molecule has 20 heavy (non-hydrogen) atoms. The molecule has 1 aromatic heterocycles. The van der Waals surface area contributed by atoms with E-state index in [1.165, 1.54) is 0 Å². The molecule has 0 aliphatic heterocycles. The lowest BCUT2D eigenvalue weighted by Gasteiger charge is -2.20. The predicted octanol–water partition coefficient (Wildman–Crippen LogP) is 3.27. The smallest absolute Gasteiger partial charge is 0.293 e. The fraction of sp³-hybridized carbons (Fsp3) is 0.312. The maximum atomic E-state index is 12.5. The first kappa shape index (κ1) is 14.3. The molecule has 0 aliphatic rings. The highest BCUT2D eigenvalue weighted by Gasteiger charge is 2.20. The van der Waals surface area contributed by atoms with Gasteiger partial charge in [-0.25, -0.2) is 0 Å². The number of hydrogen-bond acceptors (Lipinski definition) is 3. The average Bonchev–Trinajstić information content (AvgIpc) is 2.89. The minimum atomic E-state index is -0.217. The van der Waals surface area contributed by atoms with Gasteiger partial charge in [-0.05, 0) is 50.6 Å². The van der Waals surface area contributed by atoms with E-state index in [1.807, 2.05) is 45.0 Å². The van der Waals surface area contributed by atoms with Gasteiger partial charge in [0.15, 0.2) is 5.76 Å². The van der Waals surface area contributed by atoms with E-state index in [9.17, 15) is 4.79 Å². The van der Waals surface area contributed by atoms with Crippen molar-refractivity contribution < 1.29 is 9.21 Å². The molecule has 0 fully saturated rings. The van der Waals surface area contributed by atoms with Crippen molar-refractivity contribution in [3.63, 3.8) is 0 Å². The molecule has 0 aliphatic carbocycles. The Labute approximate surface area is 119 Å². The molecule has 1 heterocycles. The number of rotatable bonds is 4. The topological polar surface area (TPSA) is 59.5 Å². The highest BCUT2D eigenvalue weighted by Crippen LogP contribution is 2.21. The van der Waals surface area contributed by atoms with Crippen LogP contribution in [-0.2, 0) is 0 Å². The van der Waals surface area contributed by atoms with Crippen LogP contribution in [0.5, 0.6) is 0 Å². The highest BCUT2D eigenvalue weighted by atomic mass is 16.4. The summed E-state index contributed by atoms with van der Waals surface area (Å²) < 4.78 is 5.53. The zero-order valence-electron chi connectivity index (χ0n) is 12.1. The fourth-order valence-electron chi connectivity index (χ4n) is 2.08. The summed E-state index contributed by atoms with van der Waals surface area (Å²) in [7, 11) is 0. The summed E-state index contributed by atoms with van der Waals surface area (Å²) in [4.78, 5) is 14.2. The quantitative estimate of drug-likeness (QED) is 0.929. The van der Waals surface area contributed by atoms with Crippen LogP contribution in [0.4, 0.5) is 5.69 Å². The summed E-state index contributed by atoms with van der Waals surface area (Å²) in [6.45, 7) is 6.35. The van der Waals surface area contributed by atoms with Gasteiger partial charge in [-0.1, -0.05) is 12.1 Å². The minimum Gasteiger partial charge on any atom is -0.454 e. The van der Waals surface area contributed by atoms with Crippen LogP contribution >= 0.6 is 0 Å². The third-order valence-electron chi connectivity index (χ3n) is 3.16. The third-order valence-corrected chi connectivity index (χ3v) is 3.16. The van der Waals surface area contributed by atoms with E-state index in [0.29, 0.717) is 18.1 Å². The molecule has 2 N–H and O–H groups in total. The number of hydrogen-bond donors (Lipinski definition) is 1. The summed E-state index contributed by atoms with van der Waals surface area (Å²) in [5.74, 6) is 0.791. The van der Waals surface area contributed by atoms with Gasteiger partial charge in [-0.3, -0.25) is 4.79 Å². The van der Waals surface area contributed by atoms with Gasteiger partial charge in [0.25, 0.3) is 5.91 Å². The summed E-state index contributed by atoms with van der Waals surface area (Å²) >= 11 is 0. The fourth-order valence-corrected chi connectivity index (χ4v) is 2.08. The number of anilines is 1. The van der Waals surface area contributed by atoms with Crippen molar-refractivity contribution in [2.75, 3.05) is 11.4 Å². The van der Waals surface area contributed by atoms with Crippen LogP contribution in [-0.4, -0.2) is 12.5 Å². The third kappa shape index (κ3) is 2.91. The Balaban J connectivity index is 2.29. The molecular formula is C16H20N2O2. The molecular weight excluding hydrogens is 252 g/mol. The number of nitrogens with two attached hydrogens (primary N) is 1. The highest BCUT2D eigenvalue weighted by molar-refractivity contribution is 6.04. The number of benzene rings is 1. The Morgan fingerprint density at radius 2 is 2.10 bits per heavy atom. The number of aryl methyl sites for hydroxylation is 1. The second-order valence-electron chi connectivity index (χ2n) is 4.88. The lowest BCUT2D eigenvalue weighted by Crippen LogP contribution is -2.30. The van der Waals surface area contributed by atoms with E-state index in [0.717, 1.165) is 11.3 Å². The van der Waals surface area contributed by atoms with Crippen molar-refractivity contribution in [2.45, 2.75) is 26.8 Å². The molecule has 106 valence electrons. The second-order valence-corrected chi connectivity index (χ2v) is 4.88. The summed E-state index contributed by atoms with van der Waals surface area (Å²) in [5.41, 5.74) is 7.73. The Morgan fingerprint density at radius 1 is 1.35 bits per heavy atom. The molecule has 0 radical (unpaired) electrons. The van der Waals surface area contributed by atoms with Crippen LogP contribution in [0, 0.1) is 6.92 Å². The van der Waals surface area contributed by atoms with Crippen LogP contribution < -0.4 is 10.6 Å². The van der Waals surface area contributed by atoms with E-state index in [2.05, 4.69) is 0 Å². The van der Waals surface area contributed by atoms with Crippen LogP contribution in [0.25, 0.3) is 0 Å². The van der Waals surface area contributed by atoms with E-state index < -0.39 is 0 Å². The maximum absolute atomic E-state index is 12.5. The van der Waals surface area contributed by atoms with E-state index in [4.69, 9.17) is 10.2 Å². The molecule has 1 atom stereocenters. The number of furan rings is 1. The van der Waals surface area contributed by atoms with Crippen molar-refractivity contribution in [3.05, 3.63) is 53.5 Å². The Kier molecular flexibility index (Phi) is 4.25. The lowest BCUT2D eigenvalue weighted by atomic mass is 10.2. The average molecular weight is 272 g/mol. The predicted molar refractivity (Wildman–Crippen MR) is 79.8 cm³/mol. The van der Waals surface area contributed by atoms with Gasteiger partial charge < -0.3 is 15.1 Å². The standard InChI is InChI=1S/C16H20N2O2/c1-4-18(13-7-5-6-11(2)10-13)16(19)15-9-8-14(20-15)12(3)17/h5-10,12H,4,17H2,1-3H3. The van der Waals surface area contributed by atoms with Crippen LogP contribution in [0.1, 0.15) is 41.8 Å². The first-order chi connectivity index (χ1) is 9.52. The zero-order valence-corrected chi connectivity index (χ0v) is 12.1. The first-order valence-corrected chi connectivity index (χ1v) is 6.76. The van der Waals surface area contributed by atoms with Gasteiger partial charge in [0.2, 0.25) is 0 Å². The van der Waals surface area contributed by atoms with Crippen molar-refractivity contribution in [1.29, 1.82) is 0 Å². The molecule has 1 amide bonds. The van der Waals surface area contributed by atoms with Crippen molar-refractivity contribution in [1.82, 2.24) is 0 Å². The molecule has 2 aromatic rings. The Hall–Kier alpha value is -2.07. The molecule has 0 spiro atoms. The number of carbonyl (C=O) groups excluding carboxylic acids is 1. The zero-order chi connectivity index (χ0) is 14.7. The van der Waals surface area contributed by atoms with Crippen molar-refractivity contribution in [3.8, 4) is 0 Å². The molecule has 2 rings (SSSR count). The number of amides is 1. The van der Waals surface area contributed by atoms with Gasteiger partial charge in [-0.15, -0.1) is 0 Å². The molecule has 0 saturated heterocycles. The SMILES string of the molecule is CCN(C(=O)c1ccc(C(C)N)o1)c1cccc(C)c1. The molecule has 4 heteroatoms. The minimum absolute atomic E-state index is 0.148. The van der Waals surface area contributed by atoms with Gasteiger partial charge in [0.05, 0.1) is 6.04 Å². The first-order valence-electron chi connectivity index (χ1n) is 6.76. The van der Waals surface area contributed by atoms with Crippen LogP contribution in [0.2, 0.25) is 0 Å². The normalized spacial score (nSPS) is 12.2. The van der Waals surface area contributed by atoms with E-state index in [-0.39, 0.29) is 11.9 Å². The molecule has 1 unspecified atom stereocenters. The Morgan fingerprint density at radius 3 is 2.65 bits per heavy atom. The molecule has 0 bridgehead atoms. The summed E-state index contributed by atoms with van der Waals surface area (Å²) in [6.07, 6.45) is 0. The van der Waals surface area contributed by atoms with Crippen LogP contribution in [0.3, 0.4) is 0 Å². The monoisotopic (exact) mass is 272 g/mol. The lowest BCUT2D eigenvalue weighted by molar-refractivity contribution is 0.0959. The number of carbonyl (C=O) groups is 1. The van der Waals surface area contributed by atoms with Gasteiger partial charge >= 0.3 is 0 Å². The van der Waals surface area contributed by atoms with Gasteiger partial charge in [0.1, 0.15) is 5.76 Å². The van der Waals surface area contributed by atoms with Crippen LogP contribution in [0.15, 0.2) is 40.8 Å². The largest absolute Gasteiger partial charge is 0.454 e. The molecule has 0 saturated carbocycles. The molecule has 1 aromatic carbocycles. The number of nitrogens with zero attached hydrogens (tertiary/aromatic N) is 1. The second kappa shape index (κ2) is 5.92. The molecule has 4 nitrogen and oxygen atoms in total. The van der Waals surface area contributed by atoms with Crippen molar-refractivity contribution >= 4 is 11.6 Å². The van der Waals surface area contributed by atoms with Crippen molar-refractivity contribution in [2.24, 2.45) is 5.73 Å². The summed E-state index contributed by atoms with van der Waals surface area (Å²) in [6, 6.07) is 11.1.